The van der Waals surface area contributed by atoms with Crippen molar-refractivity contribution in [1.82, 2.24) is 20.1 Å². The maximum Gasteiger partial charge on any atom is 0.227 e. The number of nitrogens with one attached hydrogen (secondary N) is 1. The van der Waals surface area contributed by atoms with Crippen LogP contribution in [0.15, 0.2) is 36.9 Å². The van der Waals surface area contributed by atoms with Gasteiger partial charge in [-0.1, -0.05) is 18.2 Å². The fourth-order valence-electron chi connectivity index (χ4n) is 2.99. The van der Waals surface area contributed by atoms with E-state index in [-0.39, 0.29) is 17.7 Å². The zero-order valence-electron chi connectivity index (χ0n) is 13.7. The van der Waals surface area contributed by atoms with E-state index < -0.39 is 0 Å². The summed E-state index contributed by atoms with van der Waals surface area (Å²) < 4.78 is 1.71. The zero-order chi connectivity index (χ0) is 16.9. The first-order chi connectivity index (χ1) is 11.6. The first-order valence-electron chi connectivity index (χ1n) is 8.09. The molecule has 126 valence electrons. The number of amides is 2. The monoisotopic (exact) mass is 327 g/mol. The van der Waals surface area contributed by atoms with Crippen LogP contribution in [0.5, 0.6) is 0 Å². The Bertz CT molecular complexity index is 714. The van der Waals surface area contributed by atoms with E-state index in [1.165, 1.54) is 6.33 Å². The number of para-hydroxylation sites is 1. The summed E-state index contributed by atoms with van der Waals surface area (Å²) in [4.78, 5) is 29.7. The number of hydrogen-bond acceptors (Lipinski definition) is 4. The van der Waals surface area contributed by atoms with Crippen molar-refractivity contribution in [2.45, 2.75) is 31.7 Å². The predicted octanol–water partition coefficient (Wildman–Crippen LogP) is 1.32. The smallest absolute Gasteiger partial charge is 0.227 e. The summed E-state index contributed by atoms with van der Waals surface area (Å²) in [6, 6.07) is 7.86. The molecule has 2 aromatic rings. The number of carbonyl (C=O) groups is 2. The Morgan fingerprint density at radius 1 is 1.38 bits per heavy atom. The van der Waals surface area contributed by atoms with Crippen molar-refractivity contribution >= 4 is 17.5 Å². The van der Waals surface area contributed by atoms with E-state index >= 15 is 0 Å². The summed E-state index contributed by atoms with van der Waals surface area (Å²) >= 11 is 0. The van der Waals surface area contributed by atoms with E-state index in [0.717, 1.165) is 11.3 Å². The number of fused-ring (bicyclic) bond motifs is 1. The second kappa shape index (κ2) is 7.25. The molecule has 0 aliphatic carbocycles. The van der Waals surface area contributed by atoms with Gasteiger partial charge in [0.1, 0.15) is 12.7 Å². The van der Waals surface area contributed by atoms with Crippen molar-refractivity contribution in [3.8, 4) is 0 Å². The highest BCUT2D eigenvalue weighted by Gasteiger charge is 2.28. The molecule has 1 aromatic heterocycles. The number of rotatable bonds is 6. The molecular formula is C17H21N5O2. The second-order valence-corrected chi connectivity index (χ2v) is 5.98. The predicted molar refractivity (Wildman–Crippen MR) is 89.5 cm³/mol. The summed E-state index contributed by atoms with van der Waals surface area (Å²) in [6.07, 6.45) is 4.68. The lowest BCUT2D eigenvalue weighted by Crippen LogP contribution is -2.37. The van der Waals surface area contributed by atoms with Crippen LogP contribution in [0.4, 0.5) is 5.69 Å². The van der Waals surface area contributed by atoms with E-state index in [0.29, 0.717) is 32.4 Å². The van der Waals surface area contributed by atoms with Crippen LogP contribution in [0, 0.1) is 0 Å². The average Bonchev–Trinajstić information content (AvgIpc) is 3.10. The van der Waals surface area contributed by atoms with E-state index in [9.17, 15) is 9.59 Å². The summed E-state index contributed by atoms with van der Waals surface area (Å²) in [7, 11) is 1.79. The van der Waals surface area contributed by atoms with E-state index in [2.05, 4.69) is 15.4 Å². The lowest BCUT2D eigenvalue weighted by molar-refractivity contribution is -0.122. The van der Waals surface area contributed by atoms with Crippen molar-refractivity contribution in [2.75, 3.05) is 18.5 Å². The molecule has 0 saturated heterocycles. The van der Waals surface area contributed by atoms with Crippen LogP contribution in [0.2, 0.25) is 0 Å². The number of carbonyl (C=O) groups excluding carboxylic acids is 2. The topological polar surface area (TPSA) is 80.1 Å². The molecular weight excluding hydrogens is 306 g/mol. The molecule has 1 atom stereocenters. The number of aromatic nitrogens is 3. The van der Waals surface area contributed by atoms with E-state index in [1.54, 1.807) is 23.0 Å². The second-order valence-electron chi connectivity index (χ2n) is 5.98. The van der Waals surface area contributed by atoms with Crippen LogP contribution in [0.1, 0.15) is 30.7 Å². The third kappa shape index (κ3) is 3.61. The van der Waals surface area contributed by atoms with Crippen LogP contribution in [-0.2, 0) is 16.1 Å². The van der Waals surface area contributed by atoms with Gasteiger partial charge in [0.15, 0.2) is 0 Å². The molecule has 0 saturated carbocycles. The molecule has 2 amide bonds. The largest absolute Gasteiger partial charge is 0.355 e. The van der Waals surface area contributed by atoms with Gasteiger partial charge in [-0.3, -0.25) is 14.3 Å². The summed E-state index contributed by atoms with van der Waals surface area (Å²) in [5.74, 6) is 0.113. The number of nitrogens with zero attached hydrogens (tertiary/aromatic N) is 4. The van der Waals surface area contributed by atoms with Gasteiger partial charge in [0.2, 0.25) is 11.8 Å². The standard InChI is InChI=1S/C17H21N5O2/c1-21-15-6-3-2-5-14(15)13(9-17(21)24)10-19-16(23)7-4-8-22-12-18-11-20-22/h2-3,5-6,11-13H,4,7-10H2,1H3,(H,19,23)/t13-/m1/s1. The van der Waals surface area contributed by atoms with Crippen LogP contribution in [0.25, 0.3) is 0 Å². The third-order valence-electron chi connectivity index (χ3n) is 4.34. The highest BCUT2D eigenvalue weighted by atomic mass is 16.2. The van der Waals surface area contributed by atoms with Gasteiger partial charge >= 0.3 is 0 Å². The Hall–Kier alpha value is -2.70. The number of hydrogen-bond donors (Lipinski definition) is 1. The molecule has 0 unspecified atom stereocenters. The molecule has 0 fully saturated rings. The molecule has 3 rings (SSSR count). The molecule has 1 aliphatic heterocycles. The van der Waals surface area contributed by atoms with Gasteiger partial charge in [-0.2, -0.15) is 5.10 Å². The fraction of sp³-hybridized carbons (Fsp3) is 0.412. The van der Waals surface area contributed by atoms with Crippen molar-refractivity contribution < 1.29 is 9.59 Å². The summed E-state index contributed by atoms with van der Waals surface area (Å²) in [6.45, 7) is 1.15. The normalized spacial score (nSPS) is 16.8. The highest BCUT2D eigenvalue weighted by molar-refractivity contribution is 5.96. The molecule has 0 bridgehead atoms. The van der Waals surface area contributed by atoms with Crippen molar-refractivity contribution in [3.05, 3.63) is 42.5 Å². The van der Waals surface area contributed by atoms with E-state index in [4.69, 9.17) is 0 Å². The molecule has 24 heavy (non-hydrogen) atoms. The van der Waals surface area contributed by atoms with Crippen LogP contribution in [-0.4, -0.2) is 40.2 Å². The third-order valence-corrected chi connectivity index (χ3v) is 4.34. The van der Waals surface area contributed by atoms with Crippen molar-refractivity contribution in [1.29, 1.82) is 0 Å². The Labute approximate surface area is 140 Å². The quantitative estimate of drug-likeness (QED) is 0.868. The Balaban J connectivity index is 1.51. The minimum Gasteiger partial charge on any atom is -0.355 e. The first-order valence-corrected chi connectivity index (χ1v) is 8.09. The molecule has 1 aromatic carbocycles. The van der Waals surface area contributed by atoms with Crippen LogP contribution in [0.3, 0.4) is 0 Å². The lowest BCUT2D eigenvalue weighted by atomic mass is 9.89. The van der Waals surface area contributed by atoms with Crippen LogP contribution >= 0.6 is 0 Å². The van der Waals surface area contributed by atoms with Gasteiger partial charge in [-0.05, 0) is 18.1 Å². The average molecular weight is 327 g/mol. The molecule has 2 heterocycles. The summed E-state index contributed by atoms with van der Waals surface area (Å²) in [5.41, 5.74) is 2.04. The van der Waals surface area contributed by atoms with Gasteiger partial charge in [0.25, 0.3) is 0 Å². The fourth-order valence-corrected chi connectivity index (χ4v) is 2.99. The minimum atomic E-state index is -0.000950. The number of benzene rings is 1. The Kier molecular flexibility index (Phi) is 4.88. The van der Waals surface area contributed by atoms with Gasteiger partial charge in [-0.25, -0.2) is 4.98 Å². The van der Waals surface area contributed by atoms with Crippen molar-refractivity contribution in [2.24, 2.45) is 0 Å². The molecule has 1 N–H and O–H groups in total. The molecule has 7 nitrogen and oxygen atoms in total. The molecule has 0 spiro atoms. The molecule has 1 aliphatic rings. The minimum absolute atomic E-state index is 0.000950. The SMILES string of the molecule is CN1C(=O)C[C@H](CNC(=O)CCCn2cncn2)c2ccccc21. The summed E-state index contributed by atoms with van der Waals surface area (Å²) in [5, 5.41) is 6.96. The van der Waals surface area contributed by atoms with Gasteiger partial charge in [-0.15, -0.1) is 0 Å². The maximum atomic E-state index is 12.1. The van der Waals surface area contributed by atoms with Crippen molar-refractivity contribution in [3.63, 3.8) is 0 Å². The Morgan fingerprint density at radius 2 is 2.21 bits per heavy atom. The molecule has 7 heteroatoms. The van der Waals surface area contributed by atoms with Crippen LogP contribution < -0.4 is 10.2 Å². The van der Waals surface area contributed by atoms with Gasteiger partial charge < -0.3 is 10.2 Å². The Morgan fingerprint density at radius 3 is 3.00 bits per heavy atom. The number of aryl methyl sites for hydroxylation is 1. The van der Waals surface area contributed by atoms with Gasteiger partial charge in [0.05, 0.1) is 0 Å². The van der Waals surface area contributed by atoms with Gasteiger partial charge in [0, 0.05) is 44.6 Å². The zero-order valence-corrected chi connectivity index (χ0v) is 13.7. The number of anilines is 1. The highest BCUT2D eigenvalue weighted by Crippen LogP contribution is 2.34. The molecule has 0 radical (unpaired) electrons. The maximum absolute atomic E-state index is 12.1. The van der Waals surface area contributed by atoms with E-state index in [1.807, 2.05) is 24.3 Å². The first kappa shape index (κ1) is 16.2. The lowest BCUT2D eigenvalue weighted by Gasteiger charge is -2.31.